The van der Waals surface area contributed by atoms with Gasteiger partial charge in [-0.2, -0.15) is 0 Å². The molecule has 0 aliphatic rings. The van der Waals surface area contributed by atoms with Crippen molar-refractivity contribution in [2.24, 2.45) is 5.41 Å². The smallest absolute Gasteiger partial charge is 0.326 e. The Kier molecular flexibility index (Phi) is 6.40. The number of nitrogens with one attached hydrogen (secondary N) is 1. The van der Waals surface area contributed by atoms with Crippen molar-refractivity contribution in [3.05, 3.63) is 36.0 Å². The van der Waals surface area contributed by atoms with Gasteiger partial charge >= 0.3 is 5.97 Å². The van der Waals surface area contributed by atoms with Gasteiger partial charge in [-0.1, -0.05) is 39.0 Å². The first-order valence-electron chi connectivity index (χ1n) is 8.93. The van der Waals surface area contributed by atoms with Crippen molar-refractivity contribution in [1.29, 1.82) is 0 Å². The average molecular weight is 362 g/mol. The van der Waals surface area contributed by atoms with Crippen LogP contribution in [0.3, 0.4) is 0 Å². The highest BCUT2D eigenvalue weighted by Gasteiger charge is 2.33. The molecule has 1 unspecified atom stereocenters. The van der Waals surface area contributed by atoms with Gasteiger partial charge in [-0.25, -0.2) is 4.79 Å². The third-order valence-corrected chi connectivity index (χ3v) is 4.45. The van der Waals surface area contributed by atoms with E-state index in [4.69, 9.17) is 0 Å². The molecule has 0 spiro atoms. The molecule has 0 aliphatic carbocycles. The molecule has 2 N–H and O–H groups in total. The molecule has 0 aliphatic heterocycles. The van der Waals surface area contributed by atoms with Gasteiger partial charge in [0.1, 0.15) is 6.04 Å². The molecular formula is C20H27FN2O3. The minimum Gasteiger partial charge on any atom is -0.480 e. The van der Waals surface area contributed by atoms with E-state index in [0.29, 0.717) is 18.5 Å². The number of nitrogens with zero attached hydrogens (tertiary/aromatic N) is 1. The standard InChI is InChI=1S/C20H27FN2O3/c1-20(2,3)17(19(25)26)22-18(24)15-13-23(12-8-4-7-11-21)16-10-6-5-9-14(15)16/h5-6,9-10,13,17H,4,7-8,11-12H2,1-3H3,(H,22,24)(H,25,26). The number of fused-ring (bicyclic) bond motifs is 1. The topological polar surface area (TPSA) is 71.3 Å². The number of benzene rings is 1. The minimum atomic E-state index is -1.05. The Labute approximate surface area is 153 Å². The second-order valence-corrected chi connectivity index (χ2v) is 7.61. The summed E-state index contributed by atoms with van der Waals surface area (Å²) in [5, 5.41) is 12.9. The molecule has 0 bridgehead atoms. The van der Waals surface area contributed by atoms with Gasteiger partial charge in [0.15, 0.2) is 0 Å². The lowest BCUT2D eigenvalue weighted by Gasteiger charge is -2.27. The van der Waals surface area contributed by atoms with E-state index in [9.17, 15) is 19.1 Å². The molecule has 0 radical (unpaired) electrons. The maximum absolute atomic E-state index is 12.8. The molecule has 1 amide bonds. The van der Waals surface area contributed by atoms with Crippen LogP contribution in [-0.4, -0.2) is 34.3 Å². The summed E-state index contributed by atoms with van der Waals surface area (Å²) in [6.07, 6.45) is 3.91. The molecule has 5 nitrogen and oxygen atoms in total. The molecule has 142 valence electrons. The number of rotatable bonds is 8. The van der Waals surface area contributed by atoms with Crippen molar-refractivity contribution in [1.82, 2.24) is 9.88 Å². The van der Waals surface area contributed by atoms with E-state index in [1.807, 2.05) is 28.8 Å². The van der Waals surface area contributed by atoms with Gasteiger partial charge in [-0.05, 0) is 30.7 Å². The molecule has 26 heavy (non-hydrogen) atoms. The summed E-state index contributed by atoms with van der Waals surface area (Å²) in [4.78, 5) is 24.3. The molecule has 2 aromatic rings. The van der Waals surface area contributed by atoms with Crippen LogP contribution in [-0.2, 0) is 11.3 Å². The van der Waals surface area contributed by atoms with Gasteiger partial charge in [0.25, 0.3) is 5.91 Å². The van der Waals surface area contributed by atoms with Crippen LogP contribution in [0, 0.1) is 5.41 Å². The second-order valence-electron chi connectivity index (χ2n) is 7.61. The highest BCUT2D eigenvalue weighted by molar-refractivity contribution is 6.08. The fourth-order valence-electron chi connectivity index (χ4n) is 3.02. The number of alkyl halides is 1. The molecule has 0 saturated heterocycles. The van der Waals surface area contributed by atoms with Crippen molar-refractivity contribution < 1.29 is 19.1 Å². The number of aryl methyl sites for hydroxylation is 1. The monoisotopic (exact) mass is 362 g/mol. The van der Waals surface area contributed by atoms with Crippen LogP contribution >= 0.6 is 0 Å². The summed E-state index contributed by atoms with van der Waals surface area (Å²) >= 11 is 0. The number of hydrogen-bond donors (Lipinski definition) is 2. The maximum Gasteiger partial charge on any atom is 0.326 e. The normalized spacial score (nSPS) is 12.9. The van der Waals surface area contributed by atoms with Crippen LogP contribution < -0.4 is 5.32 Å². The number of unbranched alkanes of at least 4 members (excludes halogenated alkanes) is 2. The van der Waals surface area contributed by atoms with E-state index >= 15 is 0 Å². The zero-order valence-corrected chi connectivity index (χ0v) is 15.6. The van der Waals surface area contributed by atoms with Crippen molar-refractivity contribution in [2.75, 3.05) is 6.67 Å². The summed E-state index contributed by atoms with van der Waals surface area (Å²) in [6.45, 7) is 5.71. The number of carboxylic acid groups (broad SMARTS) is 1. The van der Waals surface area contributed by atoms with Crippen molar-refractivity contribution >= 4 is 22.8 Å². The Hall–Kier alpha value is -2.37. The van der Waals surface area contributed by atoms with Crippen molar-refractivity contribution in [2.45, 2.75) is 52.6 Å². The summed E-state index contributed by atoms with van der Waals surface area (Å²) in [6, 6.07) is 6.55. The summed E-state index contributed by atoms with van der Waals surface area (Å²) in [5.74, 6) is -1.45. The lowest BCUT2D eigenvalue weighted by atomic mass is 9.86. The van der Waals surface area contributed by atoms with Crippen molar-refractivity contribution in [3.63, 3.8) is 0 Å². The Morgan fingerprint density at radius 1 is 1.19 bits per heavy atom. The molecular weight excluding hydrogens is 335 g/mol. The van der Waals surface area contributed by atoms with Crippen LogP contribution in [0.15, 0.2) is 30.5 Å². The number of aliphatic carboxylic acids is 1. The van der Waals surface area contributed by atoms with Crippen LogP contribution in [0.4, 0.5) is 4.39 Å². The molecule has 2 rings (SSSR count). The molecule has 0 saturated carbocycles. The van der Waals surface area contributed by atoms with Crippen LogP contribution in [0.2, 0.25) is 0 Å². The van der Waals surface area contributed by atoms with Gasteiger partial charge < -0.3 is 15.0 Å². The quantitative estimate of drug-likeness (QED) is 0.697. The number of hydrogen-bond acceptors (Lipinski definition) is 2. The van der Waals surface area contributed by atoms with E-state index in [0.717, 1.165) is 23.7 Å². The van der Waals surface area contributed by atoms with E-state index in [1.54, 1.807) is 27.0 Å². The highest BCUT2D eigenvalue weighted by atomic mass is 19.1. The van der Waals surface area contributed by atoms with Crippen molar-refractivity contribution in [3.8, 4) is 0 Å². The Morgan fingerprint density at radius 2 is 1.88 bits per heavy atom. The highest BCUT2D eigenvalue weighted by Crippen LogP contribution is 2.24. The zero-order valence-electron chi connectivity index (χ0n) is 15.6. The van der Waals surface area contributed by atoms with Crippen LogP contribution in [0.25, 0.3) is 10.9 Å². The Morgan fingerprint density at radius 3 is 2.50 bits per heavy atom. The molecule has 1 heterocycles. The number of aromatic nitrogens is 1. The SMILES string of the molecule is CC(C)(C)C(NC(=O)c1cn(CCCCCF)c2ccccc12)C(=O)O. The number of carboxylic acids is 1. The Bertz CT molecular complexity index is 777. The lowest BCUT2D eigenvalue weighted by Crippen LogP contribution is -2.49. The first-order valence-corrected chi connectivity index (χ1v) is 8.93. The summed E-state index contributed by atoms with van der Waals surface area (Å²) in [5.41, 5.74) is 0.772. The van der Waals surface area contributed by atoms with Gasteiger partial charge in [-0.3, -0.25) is 9.18 Å². The lowest BCUT2D eigenvalue weighted by molar-refractivity contribution is -0.142. The minimum absolute atomic E-state index is 0.316. The van der Waals surface area contributed by atoms with E-state index in [2.05, 4.69) is 5.32 Å². The van der Waals surface area contributed by atoms with E-state index in [1.165, 1.54) is 0 Å². The van der Waals surface area contributed by atoms with E-state index in [-0.39, 0.29) is 6.67 Å². The number of amides is 1. The third kappa shape index (κ3) is 4.62. The number of carbonyl (C=O) groups excluding carboxylic acids is 1. The summed E-state index contributed by atoms with van der Waals surface area (Å²) in [7, 11) is 0. The first-order chi connectivity index (χ1) is 12.3. The first kappa shape index (κ1) is 19.9. The second kappa shape index (κ2) is 8.34. The molecule has 1 atom stereocenters. The maximum atomic E-state index is 12.8. The van der Waals surface area contributed by atoms with Gasteiger partial charge in [-0.15, -0.1) is 0 Å². The number of halogens is 1. The molecule has 1 aromatic heterocycles. The molecule has 6 heteroatoms. The fraction of sp³-hybridized carbons (Fsp3) is 0.500. The molecule has 1 aromatic carbocycles. The van der Waals surface area contributed by atoms with E-state index < -0.39 is 23.3 Å². The Balaban J connectivity index is 2.28. The van der Waals surface area contributed by atoms with Crippen LogP contribution in [0.5, 0.6) is 0 Å². The largest absolute Gasteiger partial charge is 0.480 e. The molecule has 0 fully saturated rings. The fourth-order valence-corrected chi connectivity index (χ4v) is 3.02. The predicted octanol–water partition coefficient (Wildman–Crippen LogP) is 4.01. The predicted molar refractivity (Wildman–Crippen MR) is 100 cm³/mol. The third-order valence-electron chi connectivity index (χ3n) is 4.45. The van der Waals surface area contributed by atoms with Gasteiger partial charge in [0.05, 0.1) is 12.2 Å². The van der Waals surface area contributed by atoms with Crippen LogP contribution in [0.1, 0.15) is 50.4 Å². The number of para-hydroxylation sites is 1. The van der Waals surface area contributed by atoms with Gasteiger partial charge in [0.2, 0.25) is 0 Å². The average Bonchev–Trinajstić information content (AvgIpc) is 2.94. The van der Waals surface area contributed by atoms with Gasteiger partial charge in [0, 0.05) is 23.6 Å². The number of carbonyl (C=O) groups is 2. The summed E-state index contributed by atoms with van der Waals surface area (Å²) < 4.78 is 14.2. The zero-order chi connectivity index (χ0) is 19.3.